The van der Waals surface area contributed by atoms with E-state index in [9.17, 15) is 0 Å². The normalized spacial score (nSPS) is 10.7. The Labute approximate surface area is 110 Å². The van der Waals surface area contributed by atoms with Crippen LogP contribution in [0.2, 0.25) is 5.02 Å². The van der Waals surface area contributed by atoms with E-state index in [1.807, 2.05) is 42.5 Å². The topological polar surface area (TPSA) is 25.8 Å². The predicted molar refractivity (Wildman–Crippen MR) is 73.8 cm³/mol. The largest absolute Gasteiger partial charge is 0.158 e. The molecule has 0 spiro atoms. The van der Waals surface area contributed by atoms with E-state index < -0.39 is 0 Å². The molecule has 0 N–H and O–H groups in total. The molecule has 0 amide bonds. The van der Waals surface area contributed by atoms with Crippen LogP contribution < -0.4 is 0 Å². The first-order valence-electron chi connectivity index (χ1n) is 5.77. The van der Waals surface area contributed by atoms with Crippen LogP contribution in [0.4, 0.5) is 0 Å². The average Bonchev–Trinajstić information content (AvgIpc) is 2.42. The highest BCUT2D eigenvalue weighted by Crippen LogP contribution is 2.22. The van der Waals surface area contributed by atoms with E-state index in [0.717, 1.165) is 27.1 Å². The lowest BCUT2D eigenvalue weighted by Crippen LogP contribution is -1.96. The zero-order chi connectivity index (χ0) is 12.4. The lowest BCUT2D eigenvalue weighted by molar-refractivity contribution is 0.958. The van der Waals surface area contributed by atoms with Crippen molar-refractivity contribution >= 4 is 22.4 Å². The molecule has 3 heteroatoms. The maximum Gasteiger partial charge on any atom is 0.0753 e. The van der Waals surface area contributed by atoms with Crippen LogP contribution in [-0.2, 0) is 6.42 Å². The molecular formula is C15H11ClN2. The van der Waals surface area contributed by atoms with E-state index in [-0.39, 0.29) is 0 Å². The molecule has 3 rings (SSSR count). The molecule has 0 aliphatic rings. The summed E-state index contributed by atoms with van der Waals surface area (Å²) < 4.78 is 0. The van der Waals surface area contributed by atoms with Gasteiger partial charge in [0.1, 0.15) is 0 Å². The molecular weight excluding hydrogens is 244 g/mol. The molecule has 0 atom stereocenters. The van der Waals surface area contributed by atoms with E-state index in [1.165, 1.54) is 0 Å². The van der Waals surface area contributed by atoms with Gasteiger partial charge in [-0.2, -0.15) is 10.2 Å². The zero-order valence-electron chi connectivity index (χ0n) is 9.68. The van der Waals surface area contributed by atoms with Crippen LogP contribution in [0.1, 0.15) is 11.3 Å². The van der Waals surface area contributed by atoms with Crippen molar-refractivity contribution in [2.45, 2.75) is 6.42 Å². The Morgan fingerprint density at radius 1 is 0.944 bits per heavy atom. The highest BCUT2D eigenvalue weighted by Gasteiger charge is 2.06. The monoisotopic (exact) mass is 254 g/mol. The standard InChI is InChI=1S/C15H11ClN2/c16-14-8-4-2-5-11(14)9-15-13-7-3-1-6-12(13)10-17-18-15/h1-8,10H,9H2. The van der Waals surface area contributed by atoms with Crippen LogP contribution in [0, 0.1) is 0 Å². The van der Waals surface area contributed by atoms with Gasteiger partial charge in [0.15, 0.2) is 0 Å². The van der Waals surface area contributed by atoms with Crippen molar-refractivity contribution in [2.75, 3.05) is 0 Å². The fourth-order valence-electron chi connectivity index (χ4n) is 2.04. The van der Waals surface area contributed by atoms with Gasteiger partial charge in [-0.15, -0.1) is 0 Å². The molecule has 1 heterocycles. The van der Waals surface area contributed by atoms with Gasteiger partial charge in [0.25, 0.3) is 0 Å². The van der Waals surface area contributed by atoms with E-state index >= 15 is 0 Å². The first-order chi connectivity index (χ1) is 8.84. The maximum absolute atomic E-state index is 6.18. The molecule has 0 unspecified atom stereocenters. The van der Waals surface area contributed by atoms with Crippen molar-refractivity contribution in [1.82, 2.24) is 10.2 Å². The third-order valence-corrected chi connectivity index (χ3v) is 3.33. The summed E-state index contributed by atoms with van der Waals surface area (Å²) in [5.41, 5.74) is 2.03. The van der Waals surface area contributed by atoms with Crippen molar-refractivity contribution in [2.24, 2.45) is 0 Å². The molecule has 0 saturated heterocycles. The van der Waals surface area contributed by atoms with Crippen LogP contribution in [0.25, 0.3) is 10.8 Å². The van der Waals surface area contributed by atoms with Gasteiger partial charge in [-0.25, -0.2) is 0 Å². The molecule has 0 bridgehead atoms. The van der Waals surface area contributed by atoms with Crippen molar-refractivity contribution in [3.63, 3.8) is 0 Å². The van der Waals surface area contributed by atoms with Crippen molar-refractivity contribution in [3.05, 3.63) is 71.0 Å². The van der Waals surface area contributed by atoms with E-state index in [2.05, 4.69) is 16.3 Å². The van der Waals surface area contributed by atoms with E-state index in [4.69, 9.17) is 11.6 Å². The van der Waals surface area contributed by atoms with Crippen LogP contribution in [0.5, 0.6) is 0 Å². The average molecular weight is 255 g/mol. The second-order valence-electron chi connectivity index (χ2n) is 4.15. The lowest BCUT2D eigenvalue weighted by atomic mass is 10.0. The minimum Gasteiger partial charge on any atom is -0.158 e. The second kappa shape index (κ2) is 4.75. The molecule has 0 radical (unpaired) electrons. The Morgan fingerprint density at radius 2 is 1.72 bits per heavy atom. The lowest BCUT2D eigenvalue weighted by Gasteiger charge is -2.06. The summed E-state index contributed by atoms with van der Waals surface area (Å²) in [5.74, 6) is 0. The van der Waals surface area contributed by atoms with Gasteiger partial charge in [0.2, 0.25) is 0 Å². The Balaban J connectivity index is 2.08. The number of benzene rings is 2. The van der Waals surface area contributed by atoms with E-state index in [1.54, 1.807) is 6.20 Å². The number of nitrogens with zero attached hydrogens (tertiary/aromatic N) is 2. The van der Waals surface area contributed by atoms with Crippen molar-refractivity contribution in [3.8, 4) is 0 Å². The Hall–Kier alpha value is -1.93. The molecule has 88 valence electrons. The van der Waals surface area contributed by atoms with Gasteiger partial charge in [-0.05, 0) is 11.6 Å². The highest BCUT2D eigenvalue weighted by molar-refractivity contribution is 6.31. The fraction of sp³-hybridized carbons (Fsp3) is 0.0667. The Morgan fingerprint density at radius 3 is 2.61 bits per heavy atom. The molecule has 0 aliphatic carbocycles. The molecule has 1 aromatic heterocycles. The number of fused-ring (bicyclic) bond motifs is 1. The molecule has 0 fully saturated rings. The third kappa shape index (κ3) is 2.07. The van der Waals surface area contributed by atoms with E-state index in [0.29, 0.717) is 6.42 Å². The molecule has 2 nitrogen and oxygen atoms in total. The summed E-state index contributed by atoms with van der Waals surface area (Å²) in [6, 6.07) is 16.0. The summed E-state index contributed by atoms with van der Waals surface area (Å²) >= 11 is 6.18. The Kier molecular flexibility index (Phi) is 2.95. The van der Waals surface area contributed by atoms with Gasteiger partial charge in [0, 0.05) is 22.2 Å². The highest BCUT2D eigenvalue weighted by atomic mass is 35.5. The maximum atomic E-state index is 6.18. The number of halogens is 1. The minimum atomic E-state index is 0.702. The minimum absolute atomic E-state index is 0.702. The van der Waals surface area contributed by atoms with Crippen molar-refractivity contribution in [1.29, 1.82) is 0 Å². The first-order valence-corrected chi connectivity index (χ1v) is 6.15. The van der Waals surface area contributed by atoms with Crippen LogP contribution >= 0.6 is 11.6 Å². The molecule has 2 aromatic carbocycles. The summed E-state index contributed by atoms with van der Waals surface area (Å²) in [7, 11) is 0. The van der Waals surface area contributed by atoms with Crippen molar-refractivity contribution < 1.29 is 0 Å². The van der Waals surface area contributed by atoms with Gasteiger partial charge >= 0.3 is 0 Å². The van der Waals surface area contributed by atoms with Gasteiger partial charge < -0.3 is 0 Å². The van der Waals surface area contributed by atoms with Gasteiger partial charge in [-0.3, -0.25) is 0 Å². The quantitative estimate of drug-likeness (QED) is 0.694. The third-order valence-electron chi connectivity index (χ3n) is 2.96. The number of rotatable bonds is 2. The second-order valence-corrected chi connectivity index (χ2v) is 4.55. The summed E-state index contributed by atoms with van der Waals surface area (Å²) in [6.45, 7) is 0. The summed E-state index contributed by atoms with van der Waals surface area (Å²) in [4.78, 5) is 0. The summed E-state index contributed by atoms with van der Waals surface area (Å²) in [6.07, 6.45) is 2.49. The zero-order valence-corrected chi connectivity index (χ0v) is 10.4. The molecule has 18 heavy (non-hydrogen) atoms. The van der Waals surface area contributed by atoms with Crippen LogP contribution in [0.15, 0.2) is 54.7 Å². The van der Waals surface area contributed by atoms with Crippen LogP contribution in [-0.4, -0.2) is 10.2 Å². The Bertz CT molecular complexity index is 689. The fourth-order valence-corrected chi connectivity index (χ4v) is 2.24. The SMILES string of the molecule is Clc1ccccc1Cc1nncc2ccccc12. The van der Waals surface area contributed by atoms with Gasteiger partial charge in [-0.1, -0.05) is 54.1 Å². The smallest absolute Gasteiger partial charge is 0.0753 e. The van der Waals surface area contributed by atoms with Gasteiger partial charge in [0.05, 0.1) is 11.9 Å². The predicted octanol–water partition coefficient (Wildman–Crippen LogP) is 3.87. The molecule has 0 saturated carbocycles. The first kappa shape index (κ1) is 11.2. The molecule has 3 aromatic rings. The number of aromatic nitrogens is 2. The van der Waals surface area contributed by atoms with Crippen LogP contribution in [0.3, 0.4) is 0 Å². The number of hydrogen-bond acceptors (Lipinski definition) is 2. The summed E-state index contributed by atoms with van der Waals surface area (Å²) in [5, 5.41) is 11.3. The molecule has 0 aliphatic heterocycles. The number of hydrogen-bond donors (Lipinski definition) is 0.